The fourth-order valence-corrected chi connectivity index (χ4v) is 4.26. The molecule has 24 heavy (non-hydrogen) atoms. The summed E-state index contributed by atoms with van der Waals surface area (Å²) in [4.78, 5) is 23.1. The van der Waals surface area contributed by atoms with E-state index in [0.717, 1.165) is 64.1 Å². The highest BCUT2D eigenvalue weighted by Gasteiger charge is 2.31. The Morgan fingerprint density at radius 2 is 2.04 bits per heavy atom. The van der Waals surface area contributed by atoms with E-state index in [-0.39, 0.29) is 18.0 Å². The lowest BCUT2D eigenvalue weighted by atomic mass is 10.0. The van der Waals surface area contributed by atoms with Crippen LogP contribution in [0.2, 0.25) is 0 Å². The van der Waals surface area contributed by atoms with Crippen LogP contribution in [0.25, 0.3) is 0 Å². The largest absolute Gasteiger partial charge is 0.381 e. The molecule has 2 N–H and O–H groups in total. The first kappa shape index (κ1) is 16.1. The first-order valence-electron chi connectivity index (χ1n) is 9.48. The molecule has 3 heterocycles. The average molecular weight is 332 g/mol. The standard InChI is InChI=1S/C18H28N4O2/c23-17(19-13-7-10-24-11-8-13)12-22-9-3-6-16(22)18-20-14-4-1-2-5-15(14)21-18/h13,16H,1-12H2,(H,19,23)(H,20,21)/t16-/m0/s1. The first-order chi connectivity index (χ1) is 11.8. The van der Waals surface area contributed by atoms with Crippen LogP contribution in [-0.2, 0) is 22.4 Å². The topological polar surface area (TPSA) is 70.2 Å². The molecular weight excluding hydrogens is 304 g/mol. The number of aromatic nitrogens is 2. The van der Waals surface area contributed by atoms with Gasteiger partial charge in [0.2, 0.25) is 5.91 Å². The van der Waals surface area contributed by atoms with Gasteiger partial charge in [0.15, 0.2) is 0 Å². The number of hydrogen-bond donors (Lipinski definition) is 2. The summed E-state index contributed by atoms with van der Waals surface area (Å²) in [5.74, 6) is 1.23. The summed E-state index contributed by atoms with van der Waals surface area (Å²) < 4.78 is 5.36. The lowest BCUT2D eigenvalue weighted by molar-refractivity contribution is -0.123. The van der Waals surface area contributed by atoms with Gasteiger partial charge in [0.1, 0.15) is 5.82 Å². The highest BCUT2D eigenvalue weighted by Crippen LogP contribution is 2.31. The van der Waals surface area contributed by atoms with Crippen LogP contribution in [0.3, 0.4) is 0 Å². The summed E-state index contributed by atoms with van der Waals surface area (Å²) in [5, 5.41) is 3.18. The number of aryl methyl sites for hydroxylation is 2. The van der Waals surface area contributed by atoms with Crippen molar-refractivity contribution in [1.82, 2.24) is 20.2 Å². The molecule has 1 amide bonds. The molecule has 0 saturated carbocycles. The lowest BCUT2D eigenvalue weighted by Gasteiger charge is -2.26. The Morgan fingerprint density at radius 3 is 2.88 bits per heavy atom. The van der Waals surface area contributed by atoms with E-state index < -0.39 is 0 Å². The maximum Gasteiger partial charge on any atom is 0.234 e. The summed E-state index contributed by atoms with van der Waals surface area (Å²) >= 11 is 0. The number of likely N-dealkylation sites (tertiary alicyclic amines) is 1. The maximum atomic E-state index is 12.4. The predicted molar refractivity (Wildman–Crippen MR) is 90.8 cm³/mol. The highest BCUT2D eigenvalue weighted by molar-refractivity contribution is 5.78. The van der Waals surface area contributed by atoms with Gasteiger partial charge in [-0.1, -0.05) is 0 Å². The van der Waals surface area contributed by atoms with Crippen molar-refractivity contribution in [3.05, 3.63) is 17.2 Å². The number of aromatic amines is 1. The monoisotopic (exact) mass is 332 g/mol. The number of ether oxygens (including phenoxy) is 1. The second-order valence-corrected chi connectivity index (χ2v) is 7.34. The summed E-state index contributed by atoms with van der Waals surface area (Å²) in [6.07, 6.45) is 8.83. The zero-order chi connectivity index (χ0) is 16.4. The van der Waals surface area contributed by atoms with Crippen LogP contribution < -0.4 is 5.32 Å². The Labute approximate surface area is 143 Å². The smallest absolute Gasteiger partial charge is 0.234 e. The van der Waals surface area contributed by atoms with Crippen molar-refractivity contribution < 1.29 is 9.53 Å². The maximum absolute atomic E-state index is 12.4. The second kappa shape index (κ2) is 7.23. The molecule has 2 fully saturated rings. The third-order valence-corrected chi connectivity index (χ3v) is 5.59. The fourth-order valence-electron chi connectivity index (χ4n) is 4.26. The van der Waals surface area contributed by atoms with Crippen molar-refractivity contribution in [3.63, 3.8) is 0 Å². The molecule has 1 aliphatic carbocycles. The third-order valence-electron chi connectivity index (χ3n) is 5.59. The molecule has 1 aromatic heterocycles. The number of nitrogens with zero attached hydrogens (tertiary/aromatic N) is 2. The number of nitrogens with one attached hydrogen (secondary N) is 2. The number of H-pyrrole nitrogens is 1. The number of amides is 1. The summed E-state index contributed by atoms with van der Waals surface area (Å²) in [5.41, 5.74) is 2.59. The van der Waals surface area contributed by atoms with Crippen LogP contribution in [0.15, 0.2) is 0 Å². The molecule has 3 aliphatic rings. The van der Waals surface area contributed by atoms with Gasteiger partial charge in [0.05, 0.1) is 18.3 Å². The van der Waals surface area contributed by atoms with Crippen LogP contribution in [0.4, 0.5) is 0 Å². The van der Waals surface area contributed by atoms with E-state index in [9.17, 15) is 4.79 Å². The van der Waals surface area contributed by atoms with Crippen LogP contribution in [0.5, 0.6) is 0 Å². The van der Waals surface area contributed by atoms with E-state index in [4.69, 9.17) is 9.72 Å². The fraction of sp³-hybridized carbons (Fsp3) is 0.778. The zero-order valence-corrected chi connectivity index (χ0v) is 14.4. The normalized spacial score (nSPS) is 25.6. The number of rotatable bonds is 4. The molecule has 0 radical (unpaired) electrons. The molecule has 132 valence electrons. The van der Waals surface area contributed by atoms with E-state index in [0.29, 0.717) is 6.54 Å². The molecule has 6 nitrogen and oxygen atoms in total. The van der Waals surface area contributed by atoms with Crippen LogP contribution in [0, 0.1) is 0 Å². The van der Waals surface area contributed by atoms with Gasteiger partial charge in [0, 0.05) is 24.9 Å². The van der Waals surface area contributed by atoms with Crippen molar-refractivity contribution in [1.29, 1.82) is 0 Å². The molecule has 1 atom stereocenters. The highest BCUT2D eigenvalue weighted by atomic mass is 16.5. The SMILES string of the molecule is O=C(CN1CCC[C@H]1c1nc2c([nH]1)CCCC2)NC1CCOCC1. The van der Waals surface area contributed by atoms with Gasteiger partial charge >= 0.3 is 0 Å². The lowest BCUT2D eigenvalue weighted by Crippen LogP contribution is -2.44. The van der Waals surface area contributed by atoms with E-state index in [1.807, 2.05) is 0 Å². The summed E-state index contributed by atoms with van der Waals surface area (Å²) in [7, 11) is 0. The molecule has 0 aromatic carbocycles. The third kappa shape index (κ3) is 3.49. The molecule has 0 spiro atoms. The van der Waals surface area contributed by atoms with Gasteiger partial charge < -0.3 is 15.0 Å². The predicted octanol–water partition coefficient (Wildman–Crippen LogP) is 1.72. The number of carbonyl (C=O) groups is 1. The molecule has 1 aromatic rings. The molecule has 2 aliphatic heterocycles. The number of carbonyl (C=O) groups excluding carboxylic acids is 1. The van der Waals surface area contributed by atoms with Gasteiger partial charge in [0.25, 0.3) is 0 Å². The molecular formula is C18H28N4O2. The summed E-state index contributed by atoms with van der Waals surface area (Å²) in [6, 6.07) is 0.555. The van der Waals surface area contributed by atoms with Crippen molar-refractivity contribution >= 4 is 5.91 Å². The average Bonchev–Trinajstić information content (AvgIpc) is 3.21. The van der Waals surface area contributed by atoms with E-state index in [2.05, 4.69) is 15.2 Å². The Balaban J connectivity index is 1.37. The van der Waals surface area contributed by atoms with Crippen molar-refractivity contribution in [3.8, 4) is 0 Å². The zero-order valence-electron chi connectivity index (χ0n) is 14.4. The Morgan fingerprint density at radius 1 is 1.21 bits per heavy atom. The van der Waals surface area contributed by atoms with Gasteiger partial charge in [-0.2, -0.15) is 0 Å². The number of fused-ring (bicyclic) bond motifs is 1. The Kier molecular flexibility index (Phi) is 4.85. The van der Waals surface area contributed by atoms with E-state index in [1.165, 1.54) is 24.2 Å². The number of hydrogen-bond acceptors (Lipinski definition) is 4. The molecule has 0 bridgehead atoms. The molecule has 2 saturated heterocycles. The van der Waals surface area contributed by atoms with Crippen LogP contribution in [0.1, 0.15) is 61.8 Å². The molecule has 4 rings (SSSR count). The second-order valence-electron chi connectivity index (χ2n) is 7.34. The quantitative estimate of drug-likeness (QED) is 0.881. The van der Waals surface area contributed by atoms with Crippen molar-refractivity contribution in [2.24, 2.45) is 0 Å². The summed E-state index contributed by atoms with van der Waals surface area (Å²) in [6.45, 7) is 2.98. The minimum Gasteiger partial charge on any atom is -0.381 e. The van der Waals surface area contributed by atoms with Crippen LogP contribution in [-0.4, -0.2) is 53.1 Å². The minimum atomic E-state index is 0.144. The van der Waals surface area contributed by atoms with Crippen molar-refractivity contribution in [2.45, 2.75) is 63.5 Å². The molecule has 6 heteroatoms. The number of imidazole rings is 1. The van der Waals surface area contributed by atoms with Crippen molar-refractivity contribution in [2.75, 3.05) is 26.3 Å². The van der Waals surface area contributed by atoms with Gasteiger partial charge in [-0.05, 0) is 57.9 Å². The van der Waals surface area contributed by atoms with E-state index >= 15 is 0 Å². The minimum absolute atomic E-state index is 0.144. The molecule has 0 unspecified atom stereocenters. The van der Waals surface area contributed by atoms with Gasteiger partial charge in [-0.15, -0.1) is 0 Å². The van der Waals surface area contributed by atoms with Gasteiger partial charge in [-0.3, -0.25) is 9.69 Å². The Bertz CT molecular complexity index is 556. The van der Waals surface area contributed by atoms with Gasteiger partial charge in [-0.25, -0.2) is 4.98 Å². The first-order valence-corrected chi connectivity index (χ1v) is 9.48. The van der Waals surface area contributed by atoms with E-state index in [1.54, 1.807) is 0 Å². The van der Waals surface area contributed by atoms with Crippen LogP contribution >= 0.6 is 0 Å². The Hall–Kier alpha value is -1.40.